The van der Waals surface area contributed by atoms with Gasteiger partial charge in [0, 0.05) is 16.7 Å². The number of carbonyl (C=O) groups is 2. The van der Waals surface area contributed by atoms with E-state index in [-0.39, 0.29) is 17.1 Å². The van der Waals surface area contributed by atoms with Gasteiger partial charge in [0.15, 0.2) is 5.78 Å². The van der Waals surface area contributed by atoms with Crippen LogP contribution in [0.2, 0.25) is 0 Å². The monoisotopic (exact) mass is 387 g/mol. The molecule has 0 bridgehead atoms. The van der Waals surface area contributed by atoms with Gasteiger partial charge in [0.25, 0.3) is 5.91 Å². The first-order chi connectivity index (χ1) is 13.8. The zero-order chi connectivity index (χ0) is 21.0. The largest absolute Gasteiger partial charge is 0.495 e. The highest BCUT2D eigenvalue weighted by Gasteiger charge is 2.18. The van der Waals surface area contributed by atoms with Gasteiger partial charge in [-0.3, -0.25) is 9.59 Å². The SMILES string of the molecule is COc1ccc(C(C)(C)C)cc1NC(=O)c1ccc(C(=O)c2ccccc2)cc1. The molecule has 148 valence electrons. The molecule has 0 aliphatic rings. The molecule has 3 rings (SSSR count). The average Bonchev–Trinajstić information content (AvgIpc) is 2.73. The highest BCUT2D eigenvalue weighted by atomic mass is 16.5. The van der Waals surface area contributed by atoms with Gasteiger partial charge in [-0.2, -0.15) is 0 Å². The molecule has 0 saturated heterocycles. The number of anilines is 1. The van der Waals surface area contributed by atoms with E-state index >= 15 is 0 Å². The van der Waals surface area contributed by atoms with Crippen molar-refractivity contribution in [1.82, 2.24) is 0 Å². The number of carbonyl (C=O) groups excluding carboxylic acids is 2. The van der Waals surface area contributed by atoms with Crippen LogP contribution < -0.4 is 10.1 Å². The second-order valence-corrected chi connectivity index (χ2v) is 7.89. The first-order valence-corrected chi connectivity index (χ1v) is 9.49. The summed E-state index contributed by atoms with van der Waals surface area (Å²) in [5.41, 5.74) is 3.30. The molecule has 29 heavy (non-hydrogen) atoms. The fraction of sp³-hybridized carbons (Fsp3) is 0.200. The Bertz CT molecular complexity index is 1020. The lowest BCUT2D eigenvalue weighted by Gasteiger charge is -2.21. The van der Waals surface area contributed by atoms with Crippen molar-refractivity contribution in [3.05, 3.63) is 95.1 Å². The van der Waals surface area contributed by atoms with Crippen LogP contribution in [0, 0.1) is 0 Å². The van der Waals surface area contributed by atoms with E-state index in [0.717, 1.165) is 5.56 Å². The zero-order valence-corrected chi connectivity index (χ0v) is 17.2. The molecule has 0 unspecified atom stereocenters. The molecule has 0 spiro atoms. The van der Waals surface area contributed by atoms with Crippen LogP contribution in [-0.2, 0) is 5.41 Å². The van der Waals surface area contributed by atoms with Crippen LogP contribution in [0.25, 0.3) is 0 Å². The summed E-state index contributed by atoms with van der Waals surface area (Å²) in [6, 6.07) is 21.5. The smallest absolute Gasteiger partial charge is 0.255 e. The van der Waals surface area contributed by atoms with Gasteiger partial charge in [-0.05, 0) is 35.2 Å². The van der Waals surface area contributed by atoms with Gasteiger partial charge in [-0.25, -0.2) is 0 Å². The van der Waals surface area contributed by atoms with E-state index in [1.807, 2.05) is 36.4 Å². The first-order valence-electron chi connectivity index (χ1n) is 9.49. The number of methoxy groups -OCH3 is 1. The summed E-state index contributed by atoms with van der Waals surface area (Å²) in [6.07, 6.45) is 0. The molecule has 4 nitrogen and oxygen atoms in total. The van der Waals surface area contributed by atoms with E-state index < -0.39 is 0 Å². The Morgan fingerprint density at radius 3 is 1.97 bits per heavy atom. The molecule has 3 aromatic carbocycles. The van der Waals surface area contributed by atoms with Crippen molar-refractivity contribution >= 4 is 17.4 Å². The van der Waals surface area contributed by atoms with Crippen molar-refractivity contribution in [3.63, 3.8) is 0 Å². The first kappa shape index (κ1) is 20.3. The second kappa shape index (κ2) is 8.31. The Kier molecular flexibility index (Phi) is 5.83. The highest BCUT2D eigenvalue weighted by Crippen LogP contribution is 2.31. The number of rotatable bonds is 5. The topological polar surface area (TPSA) is 55.4 Å². The molecular weight excluding hydrogens is 362 g/mol. The van der Waals surface area contributed by atoms with Gasteiger partial charge in [0.05, 0.1) is 12.8 Å². The zero-order valence-electron chi connectivity index (χ0n) is 17.2. The van der Waals surface area contributed by atoms with Crippen LogP contribution in [0.3, 0.4) is 0 Å². The van der Waals surface area contributed by atoms with Gasteiger partial charge in [0.2, 0.25) is 0 Å². The predicted octanol–water partition coefficient (Wildman–Crippen LogP) is 5.48. The lowest BCUT2D eigenvalue weighted by Crippen LogP contribution is -2.15. The molecule has 1 amide bonds. The van der Waals surface area contributed by atoms with Crippen molar-refractivity contribution in [3.8, 4) is 5.75 Å². The number of ketones is 1. The minimum absolute atomic E-state index is 0.0504. The van der Waals surface area contributed by atoms with Crippen molar-refractivity contribution in [1.29, 1.82) is 0 Å². The maximum atomic E-state index is 12.7. The minimum Gasteiger partial charge on any atom is -0.495 e. The van der Waals surface area contributed by atoms with E-state index in [9.17, 15) is 9.59 Å². The third kappa shape index (κ3) is 4.72. The van der Waals surface area contributed by atoms with E-state index in [2.05, 4.69) is 26.1 Å². The molecular formula is C25H25NO3. The lowest BCUT2D eigenvalue weighted by molar-refractivity contribution is 0.101. The third-order valence-corrected chi connectivity index (χ3v) is 4.76. The van der Waals surface area contributed by atoms with Crippen LogP contribution in [0.4, 0.5) is 5.69 Å². The number of ether oxygens (including phenoxy) is 1. The van der Waals surface area contributed by atoms with E-state index in [4.69, 9.17) is 4.74 Å². The highest BCUT2D eigenvalue weighted by molar-refractivity contribution is 6.10. The Balaban J connectivity index is 1.80. The summed E-state index contributed by atoms with van der Waals surface area (Å²) in [7, 11) is 1.58. The van der Waals surface area contributed by atoms with E-state index in [0.29, 0.717) is 28.1 Å². The van der Waals surface area contributed by atoms with Crippen LogP contribution in [0.5, 0.6) is 5.75 Å². The summed E-state index contributed by atoms with van der Waals surface area (Å²) in [6.45, 7) is 6.34. The van der Waals surface area contributed by atoms with Crippen LogP contribution in [0.1, 0.15) is 52.6 Å². The third-order valence-electron chi connectivity index (χ3n) is 4.76. The summed E-state index contributed by atoms with van der Waals surface area (Å²) in [5, 5.41) is 2.92. The second-order valence-electron chi connectivity index (χ2n) is 7.89. The molecule has 0 fully saturated rings. The molecule has 3 aromatic rings. The van der Waals surface area contributed by atoms with Gasteiger partial charge >= 0.3 is 0 Å². The summed E-state index contributed by atoms with van der Waals surface area (Å²) < 4.78 is 5.39. The quantitative estimate of drug-likeness (QED) is 0.590. The Labute approximate surface area is 171 Å². The predicted molar refractivity (Wildman–Crippen MR) is 116 cm³/mol. The van der Waals surface area contributed by atoms with Crippen LogP contribution >= 0.6 is 0 Å². The maximum absolute atomic E-state index is 12.7. The fourth-order valence-electron chi connectivity index (χ4n) is 3.00. The molecule has 0 aliphatic carbocycles. The summed E-state index contributed by atoms with van der Waals surface area (Å²) in [5.74, 6) is 0.271. The molecule has 0 heterocycles. The minimum atomic E-state index is -0.256. The number of benzene rings is 3. The molecule has 1 N–H and O–H groups in total. The van der Waals surface area contributed by atoms with Gasteiger partial charge in [-0.1, -0.05) is 69.3 Å². The van der Waals surface area contributed by atoms with Crippen molar-refractivity contribution < 1.29 is 14.3 Å². The number of hydrogen-bond donors (Lipinski definition) is 1. The molecule has 0 saturated carbocycles. The molecule has 0 atom stereocenters. The van der Waals surface area contributed by atoms with Crippen molar-refractivity contribution in [2.75, 3.05) is 12.4 Å². The fourth-order valence-corrected chi connectivity index (χ4v) is 3.00. The van der Waals surface area contributed by atoms with Crippen molar-refractivity contribution in [2.24, 2.45) is 0 Å². The Morgan fingerprint density at radius 2 is 1.38 bits per heavy atom. The number of hydrogen-bond acceptors (Lipinski definition) is 3. The average molecular weight is 387 g/mol. The maximum Gasteiger partial charge on any atom is 0.255 e. The van der Waals surface area contributed by atoms with Crippen LogP contribution in [0.15, 0.2) is 72.8 Å². The Hall–Kier alpha value is -3.40. The molecule has 0 aliphatic heterocycles. The number of amides is 1. The standard InChI is InChI=1S/C25H25NO3/c1-25(2,3)20-14-15-22(29-4)21(16-20)26-24(28)19-12-10-18(11-13-19)23(27)17-8-6-5-7-9-17/h5-16H,1-4H3,(H,26,28). The normalized spacial score (nSPS) is 11.0. The molecule has 0 radical (unpaired) electrons. The summed E-state index contributed by atoms with van der Waals surface area (Å²) >= 11 is 0. The van der Waals surface area contributed by atoms with Crippen molar-refractivity contribution in [2.45, 2.75) is 26.2 Å². The summed E-state index contributed by atoms with van der Waals surface area (Å²) in [4.78, 5) is 25.3. The number of nitrogens with one attached hydrogen (secondary N) is 1. The van der Waals surface area contributed by atoms with Gasteiger partial charge < -0.3 is 10.1 Å². The van der Waals surface area contributed by atoms with Gasteiger partial charge in [-0.15, -0.1) is 0 Å². The van der Waals surface area contributed by atoms with Gasteiger partial charge in [0.1, 0.15) is 5.75 Å². The lowest BCUT2D eigenvalue weighted by atomic mass is 9.87. The Morgan fingerprint density at radius 1 is 0.793 bits per heavy atom. The van der Waals surface area contributed by atoms with E-state index in [1.54, 1.807) is 43.5 Å². The van der Waals surface area contributed by atoms with E-state index in [1.165, 1.54) is 0 Å². The molecule has 0 aromatic heterocycles. The molecule has 4 heteroatoms. The van der Waals surface area contributed by atoms with Crippen LogP contribution in [-0.4, -0.2) is 18.8 Å².